The number of nitrogens with one attached hydrogen (secondary N) is 1. The molecular formula is C14H13NO2. The second-order valence-corrected chi connectivity index (χ2v) is 4.33. The molecule has 0 fully saturated rings. The van der Waals surface area contributed by atoms with Crippen LogP contribution in [0.25, 0.3) is 10.8 Å². The van der Waals surface area contributed by atoms with Gasteiger partial charge in [0, 0.05) is 6.54 Å². The molecule has 3 nitrogen and oxygen atoms in total. The van der Waals surface area contributed by atoms with Crippen molar-refractivity contribution in [2.75, 3.05) is 6.54 Å². The Balaban J connectivity index is 2.26. The molecule has 0 saturated carbocycles. The van der Waals surface area contributed by atoms with E-state index in [4.69, 9.17) is 0 Å². The summed E-state index contributed by atoms with van der Waals surface area (Å²) in [6.07, 6.45) is 0.889. The smallest absolute Gasteiger partial charge is 0.325 e. The van der Waals surface area contributed by atoms with Crippen molar-refractivity contribution in [1.82, 2.24) is 5.32 Å². The predicted molar refractivity (Wildman–Crippen MR) is 66.0 cm³/mol. The first-order valence-electron chi connectivity index (χ1n) is 5.74. The number of rotatable bonds is 1. The van der Waals surface area contributed by atoms with Gasteiger partial charge in [-0.2, -0.15) is 0 Å². The molecule has 2 aromatic rings. The Morgan fingerprint density at radius 1 is 1.24 bits per heavy atom. The lowest BCUT2D eigenvalue weighted by molar-refractivity contribution is -0.139. The molecule has 0 aromatic heterocycles. The van der Waals surface area contributed by atoms with Gasteiger partial charge < -0.3 is 10.4 Å². The fourth-order valence-corrected chi connectivity index (χ4v) is 2.57. The molecule has 86 valence electrons. The molecule has 1 aliphatic heterocycles. The summed E-state index contributed by atoms with van der Waals surface area (Å²) in [6.45, 7) is 0.720. The number of fused-ring (bicyclic) bond motifs is 3. The van der Waals surface area contributed by atoms with Gasteiger partial charge in [0.25, 0.3) is 0 Å². The Labute approximate surface area is 99.1 Å². The van der Waals surface area contributed by atoms with Crippen molar-refractivity contribution in [3.63, 3.8) is 0 Å². The van der Waals surface area contributed by atoms with E-state index in [2.05, 4.69) is 17.4 Å². The van der Waals surface area contributed by atoms with Gasteiger partial charge in [-0.15, -0.1) is 0 Å². The van der Waals surface area contributed by atoms with Crippen LogP contribution < -0.4 is 5.32 Å². The monoisotopic (exact) mass is 227 g/mol. The maximum absolute atomic E-state index is 11.2. The largest absolute Gasteiger partial charge is 0.480 e. The van der Waals surface area contributed by atoms with Crippen molar-refractivity contribution in [2.24, 2.45) is 0 Å². The zero-order valence-corrected chi connectivity index (χ0v) is 9.31. The van der Waals surface area contributed by atoms with Crippen molar-refractivity contribution in [3.8, 4) is 0 Å². The number of hydrogen-bond acceptors (Lipinski definition) is 2. The summed E-state index contributed by atoms with van der Waals surface area (Å²) in [5.41, 5.74) is 2.08. The van der Waals surface area contributed by atoms with Gasteiger partial charge >= 0.3 is 5.97 Å². The van der Waals surface area contributed by atoms with Crippen LogP contribution in [0.4, 0.5) is 0 Å². The zero-order chi connectivity index (χ0) is 11.8. The normalized spacial score (nSPS) is 18.9. The predicted octanol–water partition coefficient (Wildman–Crippen LogP) is 2.11. The van der Waals surface area contributed by atoms with Gasteiger partial charge in [0.15, 0.2) is 0 Å². The Kier molecular flexibility index (Phi) is 2.34. The molecule has 1 unspecified atom stereocenters. The molecule has 17 heavy (non-hydrogen) atoms. The van der Waals surface area contributed by atoms with E-state index >= 15 is 0 Å². The lowest BCUT2D eigenvalue weighted by atomic mass is 9.90. The summed E-state index contributed by atoms with van der Waals surface area (Å²) >= 11 is 0. The molecule has 1 aliphatic rings. The summed E-state index contributed by atoms with van der Waals surface area (Å²) < 4.78 is 0. The number of carboxylic acid groups (broad SMARTS) is 1. The van der Waals surface area contributed by atoms with Gasteiger partial charge in [-0.3, -0.25) is 4.79 Å². The molecule has 0 aliphatic carbocycles. The number of aliphatic carboxylic acids is 1. The first-order chi connectivity index (χ1) is 8.27. The first kappa shape index (κ1) is 10.3. The topological polar surface area (TPSA) is 49.3 Å². The molecule has 2 aromatic carbocycles. The molecular weight excluding hydrogens is 214 g/mol. The molecule has 1 atom stereocenters. The summed E-state index contributed by atoms with van der Waals surface area (Å²) in [7, 11) is 0. The minimum atomic E-state index is -0.804. The second-order valence-electron chi connectivity index (χ2n) is 4.33. The first-order valence-corrected chi connectivity index (χ1v) is 5.74. The van der Waals surface area contributed by atoms with E-state index < -0.39 is 12.0 Å². The van der Waals surface area contributed by atoms with E-state index in [1.165, 1.54) is 16.3 Å². The zero-order valence-electron chi connectivity index (χ0n) is 9.31. The Hall–Kier alpha value is -1.87. The van der Waals surface area contributed by atoms with Crippen LogP contribution in [-0.4, -0.2) is 17.6 Å². The van der Waals surface area contributed by atoms with Crippen molar-refractivity contribution in [2.45, 2.75) is 12.5 Å². The van der Waals surface area contributed by atoms with Crippen LogP contribution in [-0.2, 0) is 11.2 Å². The third-order valence-electron chi connectivity index (χ3n) is 3.36. The number of benzene rings is 2. The average Bonchev–Trinajstić information content (AvgIpc) is 2.37. The SMILES string of the molecule is O=C(O)C1NCCc2c1ccc1ccccc21. The quantitative estimate of drug-likeness (QED) is 0.784. The highest BCUT2D eigenvalue weighted by Gasteiger charge is 2.26. The third kappa shape index (κ3) is 1.59. The van der Waals surface area contributed by atoms with Crippen molar-refractivity contribution >= 4 is 16.7 Å². The minimum Gasteiger partial charge on any atom is -0.480 e. The van der Waals surface area contributed by atoms with E-state index in [1.54, 1.807) is 0 Å². The molecule has 3 heteroatoms. The summed E-state index contributed by atoms with van der Waals surface area (Å²) in [5.74, 6) is -0.804. The molecule has 0 bridgehead atoms. The molecule has 2 N–H and O–H groups in total. The molecule has 0 spiro atoms. The lowest BCUT2D eigenvalue weighted by Crippen LogP contribution is -2.35. The standard InChI is InChI=1S/C14H13NO2/c16-14(17)13-12-6-5-9-3-1-2-4-10(9)11(12)7-8-15-13/h1-6,13,15H,7-8H2,(H,16,17). The Morgan fingerprint density at radius 3 is 2.88 bits per heavy atom. The summed E-state index contributed by atoms with van der Waals surface area (Å²) in [6, 6.07) is 11.5. The molecule has 3 rings (SSSR count). The number of hydrogen-bond donors (Lipinski definition) is 2. The van der Waals surface area contributed by atoms with E-state index in [-0.39, 0.29) is 0 Å². The molecule has 1 heterocycles. The van der Waals surface area contributed by atoms with Gasteiger partial charge in [-0.25, -0.2) is 0 Å². The highest BCUT2D eigenvalue weighted by molar-refractivity contribution is 5.89. The number of carbonyl (C=O) groups is 1. The third-order valence-corrected chi connectivity index (χ3v) is 3.36. The van der Waals surface area contributed by atoms with Crippen LogP contribution >= 0.6 is 0 Å². The van der Waals surface area contributed by atoms with Crippen LogP contribution in [0.3, 0.4) is 0 Å². The highest BCUT2D eigenvalue weighted by Crippen LogP contribution is 2.29. The Bertz CT molecular complexity index is 592. The highest BCUT2D eigenvalue weighted by atomic mass is 16.4. The maximum atomic E-state index is 11.2. The van der Waals surface area contributed by atoms with Gasteiger partial charge in [0.05, 0.1) is 0 Å². The van der Waals surface area contributed by atoms with E-state index in [0.717, 1.165) is 18.5 Å². The fraction of sp³-hybridized carbons (Fsp3) is 0.214. The Morgan fingerprint density at radius 2 is 2.06 bits per heavy atom. The van der Waals surface area contributed by atoms with E-state index in [1.807, 2.05) is 24.3 Å². The van der Waals surface area contributed by atoms with Crippen LogP contribution in [0.1, 0.15) is 17.2 Å². The van der Waals surface area contributed by atoms with E-state index in [0.29, 0.717) is 0 Å². The second kappa shape index (κ2) is 3.86. The summed E-state index contributed by atoms with van der Waals surface area (Å²) in [4.78, 5) is 11.2. The van der Waals surface area contributed by atoms with Gasteiger partial charge in [0.1, 0.15) is 6.04 Å². The number of carboxylic acids is 1. The minimum absolute atomic E-state index is 0.566. The maximum Gasteiger partial charge on any atom is 0.325 e. The molecule has 0 amide bonds. The van der Waals surface area contributed by atoms with Gasteiger partial charge in [-0.05, 0) is 28.3 Å². The van der Waals surface area contributed by atoms with Crippen molar-refractivity contribution < 1.29 is 9.90 Å². The van der Waals surface area contributed by atoms with E-state index in [9.17, 15) is 9.90 Å². The summed E-state index contributed by atoms with van der Waals surface area (Å²) in [5, 5.41) is 14.6. The lowest BCUT2D eigenvalue weighted by Gasteiger charge is -2.25. The van der Waals surface area contributed by atoms with Crippen molar-refractivity contribution in [3.05, 3.63) is 47.5 Å². The van der Waals surface area contributed by atoms with Gasteiger partial charge in [-0.1, -0.05) is 36.4 Å². The molecule has 0 saturated heterocycles. The van der Waals surface area contributed by atoms with Crippen molar-refractivity contribution in [1.29, 1.82) is 0 Å². The molecule has 0 radical (unpaired) electrons. The van der Waals surface area contributed by atoms with Gasteiger partial charge in [0.2, 0.25) is 0 Å². The average molecular weight is 227 g/mol. The van der Waals surface area contributed by atoms with Crippen LogP contribution in [0.15, 0.2) is 36.4 Å². The van der Waals surface area contributed by atoms with Crippen LogP contribution in [0, 0.1) is 0 Å². The van der Waals surface area contributed by atoms with Crippen LogP contribution in [0.5, 0.6) is 0 Å². The fourth-order valence-electron chi connectivity index (χ4n) is 2.57. The van der Waals surface area contributed by atoms with Crippen LogP contribution in [0.2, 0.25) is 0 Å².